The monoisotopic (exact) mass is 511 g/mol. The van der Waals surface area contributed by atoms with Crippen molar-refractivity contribution in [3.05, 3.63) is 29.8 Å². The summed E-state index contributed by atoms with van der Waals surface area (Å²) in [7, 11) is 1.64. The van der Waals surface area contributed by atoms with E-state index in [2.05, 4.69) is 15.6 Å². The van der Waals surface area contributed by atoms with Gasteiger partial charge in [-0.2, -0.15) is 13.2 Å². The van der Waals surface area contributed by atoms with E-state index in [0.717, 1.165) is 30.6 Å². The summed E-state index contributed by atoms with van der Waals surface area (Å²) in [4.78, 5) is 4.17. The van der Waals surface area contributed by atoms with Crippen LogP contribution < -0.4 is 15.4 Å². The van der Waals surface area contributed by atoms with Crippen molar-refractivity contribution in [3.8, 4) is 5.75 Å². The second kappa shape index (κ2) is 10.5. The quantitative estimate of drug-likeness (QED) is 0.332. The van der Waals surface area contributed by atoms with Crippen molar-refractivity contribution in [2.24, 2.45) is 10.9 Å². The maximum atomic E-state index is 13.0. The first-order valence-corrected chi connectivity index (χ1v) is 9.74. The molecule has 4 nitrogen and oxygen atoms in total. The number of aliphatic imine (C=N–C) groups is 1. The zero-order chi connectivity index (χ0) is 19.3. The van der Waals surface area contributed by atoms with Crippen LogP contribution in [0.1, 0.15) is 50.5 Å². The first-order valence-electron chi connectivity index (χ1n) is 9.74. The molecular weight excluding hydrogens is 482 g/mol. The zero-order valence-electron chi connectivity index (χ0n) is 16.1. The second-order valence-corrected chi connectivity index (χ2v) is 7.45. The third kappa shape index (κ3) is 6.42. The Morgan fingerprint density at radius 2 is 1.86 bits per heavy atom. The molecule has 2 aliphatic rings. The molecule has 2 saturated carbocycles. The number of ether oxygens (including phenoxy) is 1. The second-order valence-electron chi connectivity index (χ2n) is 7.45. The van der Waals surface area contributed by atoms with Crippen LogP contribution in [-0.2, 0) is 6.54 Å². The van der Waals surface area contributed by atoms with Gasteiger partial charge in [0.25, 0.3) is 0 Å². The normalized spacial score (nSPS) is 23.4. The van der Waals surface area contributed by atoms with Crippen LogP contribution in [0, 0.1) is 5.92 Å². The van der Waals surface area contributed by atoms with Crippen LogP contribution in [0.25, 0.3) is 0 Å². The number of nitrogens with zero attached hydrogens (tertiary/aromatic N) is 1. The Morgan fingerprint density at radius 3 is 2.50 bits per heavy atom. The number of guanidine groups is 1. The molecule has 2 atom stereocenters. The average molecular weight is 511 g/mol. The third-order valence-electron chi connectivity index (χ3n) is 5.47. The molecule has 3 rings (SSSR count). The largest absolute Gasteiger partial charge is 0.490 e. The SMILES string of the molecule is CN=C(NCc1ccccc1OC1CCC1)NC1CCCC(C(F)(F)F)C1.I. The van der Waals surface area contributed by atoms with Crippen molar-refractivity contribution in [3.63, 3.8) is 0 Å². The van der Waals surface area contributed by atoms with Crippen LogP contribution in [0.4, 0.5) is 13.2 Å². The minimum atomic E-state index is -4.12. The molecule has 28 heavy (non-hydrogen) atoms. The third-order valence-corrected chi connectivity index (χ3v) is 5.47. The van der Waals surface area contributed by atoms with Gasteiger partial charge in [0.15, 0.2) is 5.96 Å². The van der Waals surface area contributed by atoms with Crippen LogP contribution in [0.15, 0.2) is 29.3 Å². The molecular formula is C20H29F3IN3O. The maximum Gasteiger partial charge on any atom is 0.391 e. The lowest BCUT2D eigenvalue weighted by molar-refractivity contribution is -0.183. The number of para-hydroxylation sites is 1. The van der Waals surface area contributed by atoms with Gasteiger partial charge in [-0.25, -0.2) is 0 Å². The van der Waals surface area contributed by atoms with Gasteiger partial charge in [0, 0.05) is 25.2 Å². The highest BCUT2D eigenvalue weighted by Crippen LogP contribution is 2.37. The molecule has 0 radical (unpaired) electrons. The lowest BCUT2D eigenvalue weighted by Gasteiger charge is -2.32. The zero-order valence-corrected chi connectivity index (χ0v) is 18.4. The molecule has 2 unspecified atom stereocenters. The van der Waals surface area contributed by atoms with Crippen LogP contribution in [0.5, 0.6) is 5.75 Å². The number of hydrogen-bond acceptors (Lipinski definition) is 2. The van der Waals surface area contributed by atoms with Gasteiger partial charge in [0.1, 0.15) is 5.75 Å². The molecule has 2 fully saturated rings. The van der Waals surface area contributed by atoms with Gasteiger partial charge in [0.2, 0.25) is 0 Å². The molecule has 8 heteroatoms. The summed E-state index contributed by atoms with van der Waals surface area (Å²) in [6.45, 7) is 0.512. The molecule has 2 N–H and O–H groups in total. The molecule has 0 aromatic heterocycles. The Labute approximate surface area is 181 Å². The van der Waals surface area contributed by atoms with Crippen molar-refractivity contribution in [2.45, 2.75) is 69.8 Å². The summed E-state index contributed by atoms with van der Waals surface area (Å²) in [5, 5.41) is 6.37. The molecule has 0 heterocycles. The van der Waals surface area contributed by atoms with E-state index in [9.17, 15) is 13.2 Å². The highest BCUT2D eigenvalue weighted by Gasteiger charge is 2.42. The van der Waals surface area contributed by atoms with E-state index in [4.69, 9.17) is 4.74 Å². The molecule has 1 aromatic rings. The van der Waals surface area contributed by atoms with Crippen molar-refractivity contribution in [2.75, 3.05) is 7.05 Å². The van der Waals surface area contributed by atoms with Crippen molar-refractivity contribution in [1.29, 1.82) is 0 Å². The van der Waals surface area contributed by atoms with Crippen LogP contribution in [0.2, 0.25) is 0 Å². The molecule has 2 aliphatic carbocycles. The van der Waals surface area contributed by atoms with Crippen molar-refractivity contribution < 1.29 is 17.9 Å². The molecule has 0 aliphatic heterocycles. The van der Waals surface area contributed by atoms with Gasteiger partial charge in [0.05, 0.1) is 12.0 Å². The predicted octanol–water partition coefficient (Wildman–Crippen LogP) is 5.02. The van der Waals surface area contributed by atoms with Crippen molar-refractivity contribution in [1.82, 2.24) is 10.6 Å². The number of rotatable bonds is 5. The Hall–Kier alpha value is -1.19. The molecule has 0 bridgehead atoms. The molecule has 158 valence electrons. The predicted molar refractivity (Wildman–Crippen MR) is 115 cm³/mol. The van der Waals surface area contributed by atoms with Gasteiger partial charge in [-0.05, 0) is 44.6 Å². The summed E-state index contributed by atoms with van der Waals surface area (Å²) >= 11 is 0. The number of benzene rings is 1. The standard InChI is InChI=1S/C20H28F3N3O.HI/c1-24-19(26-16-8-4-7-15(12-16)20(21,22)23)25-13-14-6-2-3-11-18(14)27-17-9-5-10-17;/h2-3,6,11,15-17H,4-5,7-10,12-13H2,1H3,(H2,24,25,26);1H. The van der Waals surface area contributed by atoms with Gasteiger partial charge in [-0.3, -0.25) is 4.99 Å². The number of nitrogens with one attached hydrogen (secondary N) is 2. The molecule has 0 saturated heterocycles. The molecule has 0 spiro atoms. The van der Waals surface area contributed by atoms with Gasteiger partial charge >= 0.3 is 6.18 Å². The first kappa shape index (κ1) is 23.1. The van der Waals surface area contributed by atoms with E-state index in [0.29, 0.717) is 25.0 Å². The summed E-state index contributed by atoms with van der Waals surface area (Å²) in [5.41, 5.74) is 1.02. The van der Waals surface area contributed by atoms with Crippen LogP contribution in [-0.4, -0.2) is 31.3 Å². The van der Waals surface area contributed by atoms with E-state index in [1.54, 1.807) is 7.05 Å². The summed E-state index contributed by atoms with van der Waals surface area (Å²) in [6.07, 6.45) is 1.21. The van der Waals surface area contributed by atoms with E-state index >= 15 is 0 Å². The van der Waals surface area contributed by atoms with Crippen molar-refractivity contribution >= 4 is 29.9 Å². The van der Waals surface area contributed by atoms with E-state index in [1.807, 2.05) is 24.3 Å². The lowest BCUT2D eigenvalue weighted by atomic mass is 9.85. The van der Waals surface area contributed by atoms with E-state index in [1.165, 1.54) is 6.42 Å². The number of hydrogen-bond donors (Lipinski definition) is 2. The fourth-order valence-corrected chi connectivity index (χ4v) is 3.62. The summed E-state index contributed by atoms with van der Waals surface area (Å²) in [5.74, 6) is 0.166. The summed E-state index contributed by atoms with van der Waals surface area (Å²) in [6, 6.07) is 7.65. The lowest BCUT2D eigenvalue weighted by Crippen LogP contribution is -2.46. The van der Waals surface area contributed by atoms with E-state index in [-0.39, 0.29) is 42.9 Å². The fraction of sp³-hybridized carbons (Fsp3) is 0.650. The topological polar surface area (TPSA) is 45.7 Å². The van der Waals surface area contributed by atoms with Gasteiger partial charge < -0.3 is 15.4 Å². The van der Waals surface area contributed by atoms with Crippen LogP contribution in [0.3, 0.4) is 0 Å². The Bertz CT molecular complexity index is 650. The highest BCUT2D eigenvalue weighted by atomic mass is 127. The Balaban J connectivity index is 0.00000280. The van der Waals surface area contributed by atoms with E-state index < -0.39 is 12.1 Å². The van der Waals surface area contributed by atoms with Gasteiger partial charge in [-0.1, -0.05) is 24.6 Å². The Morgan fingerprint density at radius 1 is 1.14 bits per heavy atom. The van der Waals surface area contributed by atoms with Crippen LogP contribution >= 0.6 is 24.0 Å². The summed E-state index contributed by atoms with van der Waals surface area (Å²) < 4.78 is 45.0. The molecule has 1 aromatic carbocycles. The smallest absolute Gasteiger partial charge is 0.391 e. The average Bonchev–Trinajstić information content (AvgIpc) is 2.62. The number of halogens is 4. The molecule has 0 amide bonds. The minimum Gasteiger partial charge on any atom is -0.490 e. The highest BCUT2D eigenvalue weighted by molar-refractivity contribution is 14.0. The van der Waals surface area contributed by atoms with Gasteiger partial charge in [-0.15, -0.1) is 24.0 Å². The first-order chi connectivity index (χ1) is 13.0. The fourth-order valence-electron chi connectivity index (χ4n) is 3.62. The maximum absolute atomic E-state index is 13.0. The minimum absolute atomic E-state index is 0. The Kier molecular flexibility index (Phi) is 8.70. The number of alkyl halides is 3.